The van der Waals surface area contributed by atoms with Gasteiger partial charge < -0.3 is 15.6 Å². The summed E-state index contributed by atoms with van der Waals surface area (Å²) >= 11 is 0. The molecule has 1 aromatic rings. The molecule has 4 heteroatoms. The highest BCUT2D eigenvalue weighted by Crippen LogP contribution is 2.26. The molecule has 0 saturated carbocycles. The lowest BCUT2D eigenvalue weighted by Crippen LogP contribution is -2.03. The van der Waals surface area contributed by atoms with Crippen LogP contribution in [0.25, 0.3) is 0 Å². The lowest BCUT2D eigenvalue weighted by atomic mass is 10.1. The lowest BCUT2D eigenvalue weighted by Gasteiger charge is -2.07. The summed E-state index contributed by atoms with van der Waals surface area (Å²) in [6.07, 6.45) is 0.806. The normalized spacial score (nSPS) is 9.29. The number of benzene rings is 1. The van der Waals surface area contributed by atoms with Crippen LogP contribution < -0.4 is 10.5 Å². The number of nitrogens with two attached hydrogens (primary N) is 1. The molecule has 0 spiro atoms. The highest BCUT2D eigenvalue weighted by atomic mass is 35.5. The molecule has 1 rings (SSSR count). The average molecular weight is 218 g/mol. The highest BCUT2D eigenvalue weighted by molar-refractivity contribution is 5.85. The van der Waals surface area contributed by atoms with E-state index < -0.39 is 0 Å². The van der Waals surface area contributed by atoms with Crippen molar-refractivity contribution in [2.75, 3.05) is 13.2 Å². The van der Waals surface area contributed by atoms with Gasteiger partial charge >= 0.3 is 0 Å². The second-order valence-corrected chi connectivity index (χ2v) is 2.77. The third-order valence-electron chi connectivity index (χ3n) is 1.76. The van der Waals surface area contributed by atoms with Crippen LogP contribution in [0, 0.1) is 0 Å². The molecule has 1 aromatic carbocycles. The standard InChI is InChI=1S/C10H15NO2.ClH/c1-2-13-10-7-8(5-6-11)3-4-9(10)12;/h3-4,7,12H,2,5-6,11H2,1H3;1H. The summed E-state index contributed by atoms with van der Waals surface area (Å²) in [5, 5.41) is 9.38. The van der Waals surface area contributed by atoms with Crippen LogP contribution in [0.3, 0.4) is 0 Å². The topological polar surface area (TPSA) is 55.5 Å². The second-order valence-electron chi connectivity index (χ2n) is 2.77. The molecule has 0 aliphatic rings. The fourth-order valence-electron chi connectivity index (χ4n) is 1.15. The Morgan fingerprint density at radius 2 is 2.14 bits per heavy atom. The van der Waals surface area contributed by atoms with Crippen molar-refractivity contribution in [2.24, 2.45) is 5.73 Å². The predicted octanol–water partition coefficient (Wildman–Crippen LogP) is 1.71. The van der Waals surface area contributed by atoms with Crippen molar-refractivity contribution in [3.05, 3.63) is 23.8 Å². The molecule has 3 N–H and O–H groups in total. The number of halogens is 1. The van der Waals surface area contributed by atoms with Crippen LogP contribution in [-0.2, 0) is 6.42 Å². The van der Waals surface area contributed by atoms with Crippen LogP contribution in [0.1, 0.15) is 12.5 Å². The average Bonchev–Trinajstić information content (AvgIpc) is 2.12. The van der Waals surface area contributed by atoms with Crippen LogP contribution in [-0.4, -0.2) is 18.3 Å². The van der Waals surface area contributed by atoms with Crippen LogP contribution >= 0.6 is 12.4 Å². The first kappa shape index (κ1) is 13.1. The molecule has 0 aliphatic carbocycles. The van der Waals surface area contributed by atoms with Crippen LogP contribution in [0.2, 0.25) is 0 Å². The summed E-state index contributed by atoms with van der Waals surface area (Å²) in [5.41, 5.74) is 6.51. The second kappa shape index (κ2) is 6.51. The van der Waals surface area contributed by atoms with Gasteiger partial charge in [0.05, 0.1) is 6.61 Å². The van der Waals surface area contributed by atoms with E-state index in [1.807, 2.05) is 19.1 Å². The third-order valence-corrected chi connectivity index (χ3v) is 1.76. The quantitative estimate of drug-likeness (QED) is 0.808. The fourth-order valence-corrected chi connectivity index (χ4v) is 1.15. The summed E-state index contributed by atoms with van der Waals surface area (Å²) in [5.74, 6) is 0.719. The van der Waals surface area contributed by atoms with Crippen LogP contribution in [0.4, 0.5) is 0 Å². The van der Waals surface area contributed by atoms with E-state index in [2.05, 4.69) is 0 Å². The Morgan fingerprint density at radius 1 is 1.43 bits per heavy atom. The molecule has 0 radical (unpaired) electrons. The molecule has 0 aromatic heterocycles. The van der Waals surface area contributed by atoms with Crippen molar-refractivity contribution in [3.8, 4) is 11.5 Å². The van der Waals surface area contributed by atoms with E-state index in [4.69, 9.17) is 10.5 Å². The minimum absolute atomic E-state index is 0. The van der Waals surface area contributed by atoms with Gasteiger partial charge in [0.2, 0.25) is 0 Å². The Morgan fingerprint density at radius 3 is 2.71 bits per heavy atom. The Balaban J connectivity index is 0.00000169. The predicted molar refractivity (Wildman–Crippen MR) is 59.3 cm³/mol. The number of phenolic OH excluding ortho intramolecular Hbond substituents is 1. The minimum atomic E-state index is 0. The van der Waals surface area contributed by atoms with Gasteiger partial charge in [-0.05, 0) is 37.6 Å². The molecule has 0 amide bonds. The van der Waals surface area contributed by atoms with Gasteiger partial charge in [-0.25, -0.2) is 0 Å². The molecular formula is C10H16ClNO2. The summed E-state index contributed by atoms with van der Waals surface area (Å²) in [7, 11) is 0. The zero-order valence-corrected chi connectivity index (χ0v) is 9.01. The van der Waals surface area contributed by atoms with Gasteiger partial charge in [-0.1, -0.05) is 6.07 Å². The fraction of sp³-hybridized carbons (Fsp3) is 0.400. The van der Waals surface area contributed by atoms with E-state index >= 15 is 0 Å². The van der Waals surface area contributed by atoms with Crippen molar-refractivity contribution in [1.29, 1.82) is 0 Å². The number of ether oxygens (including phenoxy) is 1. The number of hydrogen-bond donors (Lipinski definition) is 2. The van der Waals surface area contributed by atoms with Gasteiger partial charge in [-0.15, -0.1) is 12.4 Å². The van der Waals surface area contributed by atoms with E-state index in [0.29, 0.717) is 18.9 Å². The highest BCUT2D eigenvalue weighted by Gasteiger charge is 2.02. The van der Waals surface area contributed by atoms with Gasteiger partial charge in [0.1, 0.15) is 0 Å². The Labute approximate surface area is 90.3 Å². The SMILES string of the molecule is CCOc1cc(CCN)ccc1O.Cl. The van der Waals surface area contributed by atoms with E-state index in [1.54, 1.807) is 6.07 Å². The van der Waals surface area contributed by atoms with E-state index in [-0.39, 0.29) is 18.2 Å². The van der Waals surface area contributed by atoms with Crippen LogP contribution in [0.5, 0.6) is 11.5 Å². The zero-order chi connectivity index (χ0) is 9.68. The molecule has 0 aliphatic heterocycles. The van der Waals surface area contributed by atoms with Gasteiger partial charge in [0.15, 0.2) is 11.5 Å². The molecule has 0 unspecified atom stereocenters. The molecule has 0 atom stereocenters. The Bertz CT molecular complexity index is 279. The van der Waals surface area contributed by atoms with Crippen molar-refractivity contribution in [2.45, 2.75) is 13.3 Å². The van der Waals surface area contributed by atoms with E-state index in [0.717, 1.165) is 12.0 Å². The molecule has 80 valence electrons. The van der Waals surface area contributed by atoms with E-state index in [1.165, 1.54) is 0 Å². The first-order valence-corrected chi connectivity index (χ1v) is 4.42. The largest absolute Gasteiger partial charge is 0.504 e. The maximum Gasteiger partial charge on any atom is 0.161 e. The van der Waals surface area contributed by atoms with Crippen LogP contribution in [0.15, 0.2) is 18.2 Å². The van der Waals surface area contributed by atoms with Crippen molar-refractivity contribution < 1.29 is 9.84 Å². The first-order chi connectivity index (χ1) is 6.27. The lowest BCUT2D eigenvalue weighted by molar-refractivity contribution is 0.318. The summed E-state index contributed by atoms with van der Waals surface area (Å²) < 4.78 is 5.23. The Hall–Kier alpha value is -0.930. The van der Waals surface area contributed by atoms with Gasteiger partial charge in [0, 0.05) is 0 Å². The molecule has 0 heterocycles. The first-order valence-electron chi connectivity index (χ1n) is 4.42. The molecule has 3 nitrogen and oxygen atoms in total. The third kappa shape index (κ3) is 3.44. The molecule has 0 saturated heterocycles. The zero-order valence-electron chi connectivity index (χ0n) is 8.19. The minimum Gasteiger partial charge on any atom is -0.504 e. The molecule has 14 heavy (non-hydrogen) atoms. The van der Waals surface area contributed by atoms with Crippen molar-refractivity contribution in [3.63, 3.8) is 0 Å². The van der Waals surface area contributed by atoms with Gasteiger partial charge in [-0.3, -0.25) is 0 Å². The number of rotatable bonds is 4. The summed E-state index contributed by atoms with van der Waals surface area (Å²) in [4.78, 5) is 0. The number of hydrogen-bond acceptors (Lipinski definition) is 3. The van der Waals surface area contributed by atoms with Crippen molar-refractivity contribution >= 4 is 12.4 Å². The summed E-state index contributed by atoms with van der Waals surface area (Å²) in [6.45, 7) is 3.05. The van der Waals surface area contributed by atoms with E-state index in [9.17, 15) is 5.11 Å². The van der Waals surface area contributed by atoms with Gasteiger partial charge in [0.25, 0.3) is 0 Å². The number of aromatic hydroxyl groups is 1. The monoisotopic (exact) mass is 217 g/mol. The maximum atomic E-state index is 9.38. The number of phenols is 1. The smallest absolute Gasteiger partial charge is 0.161 e. The molecule has 0 fully saturated rings. The molecular weight excluding hydrogens is 202 g/mol. The summed E-state index contributed by atoms with van der Waals surface area (Å²) in [6, 6.07) is 5.31. The molecule has 0 bridgehead atoms. The Kier molecular flexibility index (Phi) is 6.08. The van der Waals surface area contributed by atoms with Crippen molar-refractivity contribution in [1.82, 2.24) is 0 Å². The van der Waals surface area contributed by atoms with Gasteiger partial charge in [-0.2, -0.15) is 0 Å². The maximum absolute atomic E-state index is 9.38.